The van der Waals surface area contributed by atoms with Crippen LogP contribution in [0.2, 0.25) is 0 Å². The molecule has 0 unspecified atom stereocenters. The molecule has 1 atom stereocenters. The van der Waals surface area contributed by atoms with Crippen molar-refractivity contribution in [1.82, 2.24) is 4.90 Å². The number of hydrogen-bond donors (Lipinski definition) is 0. The van der Waals surface area contributed by atoms with Crippen LogP contribution in [0.15, 0.2) is 41.1 Å². The van der Waals surface area contributed by atoms with Gasteiger partial charge in [0.25, 0.3) is 11.6 Å². The van der Waals surface area contributed by atoms with E-state index >= 15 is 0 Å². The van der Waals surface area contributed by atoms with E-state index in [4.69, 9.17) is 4.74 Å². The van der Waals surface area contributed by atoms with Gasteiger partial charge in [-0.05, 0) is 44.0 Å². The Balaban J connectivity index is 2.51. The second-order valence-corrected chi connectivity index (χ2v) is 5.79. The summed E-state index contributed by atoms with van der Waals surface area (Å²) in [6.45, 7) is 5.58. The van der Waals surface area contributed by atoms with Gasteiger partial charge in [-0.15, -0.1) is 0 Å². The molecule has 2 rings (SSSR count). The molecule has 0 fully saturated rings. The van der Waals surface area contributed by atoms with Gasteiger partial charge in [0.15, 0.2) is 0 Å². The Kier molecular flexibility index (Phi) is 5.36. The number of rotatable bonds is 5. The van der Waals surface area contributed by atoms with Crippen LogP contribution in [-0.4, -0.2) is 34.9 Å². The van der Waals surface area contributed by atoms with Gasteiger partial charge >= 0.3 is 5.97 Å². The zero-order chi connectivity index (χ0) is 18.7. The zero-order valence-electron chi connectivity index (χ0n) is 14.6. The zero-order valence-corrected chi connectivity index (χ0v) is 14.6. The molecule has 0 aliphatic carbocycles. The average Bonchev–Trinajstić information content (AvgIpc) is 2.84. The summed E-state index contributed by atoms with van der Waals surface area (Å²) in [6.07, 6.45) is 2.30. The number of nitrogens with zero attached hydrogens (tertiary/aromatic N) is 2. The molecule has 25 heavy (non-hydrogen) atoms. The molecule has 0 bridgehead atoms. The molecule has 0 N–H and O–H groups in total. The third-order valence-electron chi connectivity index (χ3n) is 4.28. The van der Waals surface area contributed by atoms with Crippen molar-refractivity contribution < 1.29 is 19.2 Å². The van der Waals surface area contributed by atoms with Gasteiger partial charge in [-0.25, -0.2) is 4.79 Å². The van der Waals surface area contributed by atoms with E-state index in [2.05, 4.69) is 0 Å². The van der Waals surface area contributed by atoms with E-state index in [1.165, 1.54) is 31.4 Å². The summed E-state index contributed by atoms with van der Waals surface area (Å²) >= 11 is 0. The first-order valence-corrected chi connectivity index (χ1v) is 7.91. The Morgan fingerprint density at radius 1 is 1.36 bits per heavy atom. The molecule has 132 valence electrons. The standard InChI is InChI=1S/C18H20N2O5/c1-5-11(2)19-12(3)16(18(22)25-4)15(17(19)21)10-13-6-8-14(9-7-13)20(23)24/h6-11H,5H2,1-4H3/b15-10-/t11-/m0/s1. The third-order valence-corrected chi connectivity index (χ3v) is 4.28. The predicted molar refractivity (Wildman–Crippen MR) is 92.4 cm³/mol. The fourth-order valence-corrected chi connectivity index (χ4v) is 2.77. The third kappa shape index (κ3) is 3.45. The molecule has 1 aromatic carbocycles. The smallest absolute Gasteiger partial charge is 0.340 e. The fourth-order valence-electron chi connectivity index (χ4n) is 2.77. The lowest BCUT2D eigenvalue weighted by molar-refractivity contribution is -0.384. The molecular formula is C18H20N2O5. The van der Waals surface area contributed by atoms with Crippen LogP contribution in [0, 0.1) is 10.1 Å². The van der Waals surface area contributed by atoms with Crippen molar-refractivity contribution in [1.29, 1.82) is 0 Å². The Morgan fingerprint density at radius 2 is 1.96 bits per heavy atom. The topological polar surface area (TPSA) is 89.8 Å². The van der Waals surface area contributed by atoms with E-state index in [0.717, 1.165) is 6.42 Å². The monoisotopic (exact) mass is 344 g/mol. The van der Waals surface area contributed by atoms with Crippen LogP contribution in [0.1, 0.15) is 32.8 Å². The van der Waals surface area contributed by atoms with Crippen LogP contribution >= 0.6 is 0 Å². The van der Waals surface area contributed by atoms with Gasteiger partial charge in [0.1, 0.15) is 0 Å². The van der Waals surface area contributed by atoms with Crippen LogP contribution in [-0.2, 0) is 14.3 Å². The number of ether oxygens (including phenoxy) is 1. The molecule has 0 aromatic heterocycles. The first-order chi connectivity index (χ1) is 11.8. The first kappa shape index (κ1) is 18.4. The molecular weight excluding hydrogens is 324 g/mol. The van der Waals surface area contributed by atoms with Crippen molar-refractivity contribution in [3.8, 4) is 0 Å². The normalized spacial score (nSPS) is 17.2. The minimum absolute atomic E-state index is 0.0407. The van der Waals surface area contributed by atoms with Crippen LogP contribution in [0.4, 0.5) is 5.69 Å². The van der Waals surface area contributed by atoms with Crippen molar-refractivity contribution in [2.45, 2.75) is 33.2 Å². The molecule has 0 saturated carbocycles. The van der Waals surface area contributed by atoms with Gasteiger partial charge in [0.2, 0.25) is 0 Å². The number of non-ortho nitro benzene ring substituents is 1. The molecule has 7 heteroatoms. The summed E-state index contributed by atoms with van der Waals surface area (Å²) in [4.78, 5) is 36.8. The highest BCUT2D eigenvalue weighted by molar-refractivity contribution is 6.16. The van der Waals surface area contributed by atoms with Crippen molar-refractivity contribution in [2.24, 2.45) is 0 Å². The Morgan fingerprint density at radius 3 is 2.44 bits per heavy atom. The number of nitro groups is 1. The van der Waals surface area contributed by atoms with Gasteiger partial charge in [-0.3, -0.25) is 14.9 Å². The number of carbonyl (C=O) groups is 2. The molecule has 0 saturated heterocycles. The quantitative estimate of drug-likeness (QED) is 0.354. The lowest BCUT2D eigenvalue weighted by atomic mass is 10.0. The lowest BCUT2D eigenvalue weighted by Crippen LogP contribution is -2.33. The number of methoxy groups -OCH3 is 1. The van der Waals surface area contributed by atoms with Gasteiger partial charge in [0, 0.05) is 23.9 Å². The Labute approximate surface area is 145 Å². The van der Waals surface area contributed by atoms with Gasteiger partial charge < -0.3 is 9.64 Å². The molecule has 1 amide bonds. The summed E-state index contributed by atoms with van der Waals surface area (Å²) in [5.74, 6) is -0.851. The van der Waals surface area contributed by atoms with E-state index in [9.17, 15) is 19.7 Å². The summed E-state index contributed by atoms with van der Waals surface area (Å²) in [5, 5.41) is 10.7. The second kappa shape index (κ2) is 7.29. The Bertz CT molecular complexity index is 777. The van der Waals surface area contributed by atoms with E-state index < -0.39 is 10.9 Å². The SMILES string of the molecule is CC[C@H](C)N1C(=O)/C(=C\c2ccc([N+](=O)[O-])cc2)C(C(=O)OC)=C1C. The number of benzene rings is 1. The summed E-state index contributed by atoms with van der Waals surface area (Å²) in [5.41, 5.74) is 1.57. The summed E-state index contributed by atoms with van der Waals surface area (Å²) < 4.78 is 4.83. The van der Waals surface area contributed by atoms with Crippen LogP contribution < -0.4 is 0 Å². The van der Waals surface area contributed by atoms with Gasteiger partial charge in [0.05, 0.1) is 23.2 Å². The predicted octanol–water partition coefficient (Wildman–Crippen LogP) is 3.07. The van der Waals surface area contributed by atoms with E-state index in [1.54, 1.807) is 17.9 Å². The van der Waals surface area contributed by atoms with Crippen LogP contribution in [0.25, 0.3) is 6.08 Å². The number of nitro benzene ring substituents is 1. The number of esters is 1. The Hall–Kier alpha value is -2.96. The van der Waals surface area contributed by atoms with Crippen molar-refractivity contribution in [3.63, 3.8) is 0 Å². The van der Waals surface area contributed by atoms with Crippen LogP contribution in [0.3, 0.4) is 0 Å². The van der Waals surface area contributed by atoms with Crippen molar-refractivity contribution in [2.75, 3.05) is 7.11 Å². The van der Waals surface area contributed by atoms with E-state index in [0.29, 0.717) is 11.3 Å². The average molecular weight is 344 g/mol. The van der Waals surface area contributed by atoms with Gasteiger partial charge in [-0.2, -0.15) is 0 Å². The highest BCUT2D eigenvalue weighted by Gasteiger charge is 2.38. The molecule has 0 spiro atoms. The maximum atomic E-state index is 12.8. The number of allylic oxidation sites excluding steroid dienone is 1. The molecule has 7 nitrogen and oxygen atoms in total. The molecule has 1 aliphatic heterocycles. The van der Waals surface area contributed by atoms with Crippen molar-refractivity contribution >= 4 is 23.6 Å². The second-order valence-electron chi connectivity index (χ2n) is 5.79. The fraction of sp³-hybridized carbons (Fsp3) is 0.333. The van der Waals surface area contributed by atoms with Gasteiger partial charge in [-0.1, -0.05) is 6.92 Å². The van der Waals surface area contributed by atoms with E-state index in [-0.39, 0.29) is 28.8 Å². The molecule has 0 radical (unpaired) electrons. The molecule has 1 heterocycles. The van der Waals surface area contributed by atoms with E-state index in [1.807, 2.05) is 13.8 Å². The largest absolute Gasteiger partial charge is 0.465 e. The lowest BCUT2D eigenvalue weighted by Gasteiger charge is -2.24. The van der Waals surface area contributed by atoms with Crippen molar-refractivity contribution in [3.05, 3.63) is 56.8 Å². The number of carbonyl (C=O) groups excluding carboxylic acids is 2. The molecule has 1 aromatic rings. The summed E-state index contributed by atoms with van der Waals surface area (Å²) in [7, 11) is 1.27. The minimum atomic E-state index is -0.579. The number of amides is 1. The maximum Gasteiger partial charge on any atom is 0.340 e. The summed E-state index contributed by atoms with van der Waals surface area (Å²) in [6, 6.07) is 5.72. The maximum absolute atomic E-state index is 12.8. The first-order valence-electron chi connectivity index (χ1n) is 7.91. The minimum Gasteiger partial charge on any atom is -0.465 e. The number of hydrogen-bond acceptors (Lipinski definition) is 5. The van der Waals surface area contributed by atoms with Crippen LogP contribution in [0.5, 0.6) is 0 Å². The highest BCUT2D eigenvalue weighted by atomic mass is 16.6. The highest BCUT2D eigenvalue weighted by Crippen LogP contribution is 2.33. The molecule has 1 aliphatic rings.